The fraction of sp³-hybridized carbons (Fsp3) is 0.312. The molecule has 112 valence electrons. The summed E-state index contributed by atoms with van der Waals surface area (Å²) in [6.45, 7) is 0.381. The van der Waals surface area contributed by atoms with Crippen LogP contribution in [0.15, 0.2) is 54.3 Å². The SMILES string of the molecule is O=C(NCc1nccc[nH+]1)C1=C2C=CC=CN2C(C2CC2)N1. The smallest absolute Gasteiger partial charge is 0.315 e. The molecule has 0 spiro atoms. The molecule has 1 aromatic heterocycles. The number of rotatable bonds is 4. The molecule has 1 aromatic rings. The Morgan fingerprint density at radius 1 is 1.45 bits per heavy atom. The van der Waals surface area contributed by atoms with Gasteiger partial charge in [0, 0.05) is 12.3 Å². The minimum atomic E-state index is -0.0952. The van der Waals surface area contributed by atoms with Crippen LogP contribution in [0.1, 0.15) is 18.7 Å². The molecule has 1 saturated carbocycles. The molecule has 3 heterocycles. The van der Waals surface area contributed by atoms with Gasteiger partial charge in [0.2, 0.25) is 0 Å². The Hall–Kier alpha value is -2.63. The molecule has 2 aliphatic heterocycles. The van der Waals surface area contributed by atoms with E-state index in [-0.39, 0.29) is 12.1 Å². The Morgan fingerprint density at radius 2 is 2.36 bits per heavy atom. The predicted octanol–water partition coefficient (Wildman–Crippen LogP) is 0.448. The van der Waals surface area contributed by atoms with Crippen molar-refractivity contribution in [2.24, 2.45) is 5.92 Å². The molecule has 1 unspecified atom stereocenters. The molecule has 0 radical (unpaired) electrons. The number of aromatic amines is 1. The van der Waals surface area contributed by atoms with Crippen LogP contribution in [0.2, 0.25) is 0 Å². The number of nitrogens with one attached hydrogen (secondary N) is 3. The molecular formula is C16H18N5O+. The summed E-state index contributed by atoms with van der Waals surface area (Å²) in [6, 6.07) is 1.81. The molecule has 1 atom stereocenters. The zero-order valence-electron chi connectivity index (χ0n) is 12.1. The van der Waals surface area contributed by atoms with Crippen LogP contribution in [0.4, 0.5) is 0 Å². The van der Waals surface area contributed by atoms with E-state index in [0.717, 1.165) is 11.5 Å². The van der Waals surface area contributed by atoms with Gasteiger partial charge in [0.15, 0.2) is 0 Å². The molecule has 22 heavy (non-hydrogen) atoms. The average Bonchev–Trinajstić information content (AvgIpc) is 3.34. The number of H-pyrrole nitrogens is 1. The second-order valence-corrected chi connectivity index (χ2v) is 5.71. The lowest BCUT2D eigenvalue weighted by atomic mass is 10.2. The Bertz CT molecular complexity index is 675. The number of hydrogen-bond donors (Lipinski definition) is 2. The van der Waals surface area contributed by atoms with Gasteiger partial charge in [-0.1, -0.05) is 11.1 Å². The van der Waals surface area contributed by atoms with Crippen LogP contribution in [0.5, 0.6) is 0 Å². The van der Waals surface area contributed by atoms with E-state index in [1.54, 1.807) is 12.4 Å². The van der Waals surface area contributed by atoms with E-state index in [1.165, 1.54) is 12.8 Å². The number of hydrogen-bond acceptors (Lipinski definition) is 4. The zero-order chi connectivity index (χ0) is 14.9. The summed E-state index contributed by atoms with van der Waals surface area (Å²) < 4.78 is 0. The fourth-order valence-corrected chi connectivity index (χ4v) is 2.85. The first-order valence-electron chi connectivity index (χ1n) is 7.57. The topological polar surface area (TPSA) is 71.4 Å². The highest BCUT2D eigenvalue weighted by molar-refractivity contribution is 5.94. The van der Waals surface area contributed by atoms with Gasteiger partial charge in [0.05, 0.1) is 11.9 Å². The van der Waals surface area contributed by atoms with Gasteiger partial charge in [-0.25, -0.2) is 4.98 Å². The maximum Gasteiger partial charge on any atom is 0.315 e. The molecule has 6 nitrogen and oxygen atoms in total. The quantitative estimate of drug-likeness (QED) is 0.846. The van der Waals surface area contributed by atoms with Crippen LogP contribution in [-0.4, -0.2) is 22.0 Å². The normalized spacial score (nSPS) is 22.5. The van der Waals surface area contributed by atoms with E-state index >= 15 is 0 Å². The molecule has 1 amide bonds. The van der Waals surface area contributed by atoms with Crippen molar-refractivity contribution in [1.82, 2.24) is 20.5 Å². The largest absolute Gasteiger partial charge is 0.358 e. The predicted molar refractivity (Wildman–Crippen MR) is 79.4 cm³/mol. The standard InChI is InChI=1S/C16H17N5O/c22-16(19-10-13-17-7-3-8-18-13)14-12-4-1-2-9-21(12)15(20-14)11-5-6-11/h1-4,7-9,11,15,20H,5-6,10H2,(H,19,22)/p+1. The third-order valence-corrected chi connectivity index (χ3v) is 4.11. The summed E-state index contributed by atoms with van der Waals surface area (Å²) in [5.41, 5.74) is 1.59. The molecular weight excluding hydrogens is 278 g/mol. The summed E-state index contributed by atoms with van der Waals surface area (Å²) in [5, 5.41) is 6.31. The lowest BCUT2D eigenvalue weighted by Crippen LogP contribution is -2.39. The third kappa shape index (κ3) is 2.36. The molecule has 0 saturated heterocycles. The summed E-state index contributed by atoms with van der Waals surface area (Å²) in [6.07, 6.45) is 14.1. The summed E-state index contributed by atoms with van der Waals surface area (Å²) in [4.78, 5) is 21.8. The minimum Gasteiger partial charge on any atom is -0.358 e. The van der Waals surface area contributed by atoms with Crippen LogP contribution < -0.4 is 15.6 Å². The maximum atomic E-state index is 12.5. The van der Waals surface area contributed by atoms with E-state index in [0.29, 0.717) is 18.2 Å². The van der Waals surface area contributed by atoms with Gasteiger partial charge in [-0.3, -0.25) is 4.79 Å². The molecule has 1 fully saturated rings. The van der Waals surface area contributed by atoms with Crippen LogP contribution in [0.25, 0.3) is 0 Å². The van der Waals surface area contributed by atoms with Gasteiger partial charge >= 0.3 is 5.82 Å². The highest BCUT2D eigenvalue weighted by Gasteiger charge is 2.42. The second kappa shape index (κ2) is 5.29. The fourth-order valence-electron chi connectivity index (χ4n) is 2.85. The summed E-state index contributed by atoms with van der Waals surface area (Å²) in [7, 11) is 0. The minimum absolute atomic E-state index is 0.0952. The number of carbonyl (C=O) groups excluding carboxylic acids is 1. The monoisotopic (exact) mass is 296 g/mol. The van der Waals surface area contributed by atoms with Crippen LogP contribution >= 0.6 is 0 Å². The maximum absolute atomic E-state index is 12.5. The van der Waals surface area contributed by atoms with E-state index in [9.17, 15) is 4.79 Å². The van der Waals surface area contributed by atoms with E-state index in [2.05, 4.69) is 25.5 Å². The first kappa shape index (κ1) is 13.1. The van der Waals surface area contributed by atoms with Crippen molar-refractivity contribution in [1.29, 1.82) is 0 Å². The first-order chi connectivity index (χ1) is 10.8. The van der Waals surface area contributed by atoms with E-state index < -0.39 is 0 Å². The summed E-state index contributed by atoms with van der Waals surface area (Å²) >= 11 is 0. The number of carbonyl (C=O) groups is 1. The number of nitrogens with zero attached hydrogens (tertiary/aromatic N) is 2. The molecule has 4 rings (SSSR count). The van der Waals surface area contributed by atoms with Crippen molar-refractivity contribution in [2.75, 3.05) is 0 Å². The number of allylic oxidation sites excluding steroid dienone is 3. The van der Waals surface area contributed by atoms with Crippen molar-refractivity contribution in [3.05, 3.63) is 60.1 Å². The van der Waals surface area contributed by atoms with Gasteiger partial charge < -0.3 is 15.5 Å². The van der Waals surface area contributed by atoms with Crippen molar-refractivity contribution < 1.29 is 9.78 Å². The van der Waals surface area contributed by atoms with Gasteiger partial charge in [0.1, 0.15) is 24.6 Å². The van der Waals surface area contributed by atoms with Crippen LogP contribution in [-0.2, 0) is 11.3 Å². The van der Waals surface area contributed by atoms with E-state index in [4.69, 9.17) is 0 Å². The van der Waals surface area contributed by atoms with Crippen molar-refractivity contribution >= 4 is 5.91 Å². The van der Waals surface area contributed by atoms with Gasteiger partial charge in [-0.15, -0.1) is 0 Å². The van der Waals surface area contributed by atoms with Crippen LogP contribution in [0, 0.1) is 5.92 Å². The van der Waals surface area contributed by atoms with Gasteiger partial charge in [0.25, 0.3) is 5.91 Å². The van der Waals surface area contributed by atoms with Crippen molar-refractivity contribution in [2.45, 2.75) is 25.6 Å². The molecule has 1 aliphatic carbocycles. The molecule has 3 N–H and O–H groups in total. The van der Waals surface area contributed by atoms with Crippen molar-refractivity contribution in [3.63, 3.8) is 0 Å². The van der Waals surface area contributed by atoms with E-state index in [1.807, 2.05) is 30.5 Å². The zero-order valence-corrected chi connectivity index (χ0v) is 12.1. The highest BCUT2D eigenvalue weighted by atomic mass is 16.2. The van der Waals surface area contributed by atoms with Gasteiger partial charge in [-0.05, 0) is 30.9 Å². The molecule has 0 bridgehead atoms. The van der Waals surface area contributed by atoms with Crippen molar-refractivity contribution in [3.8, 4) is 0 Å². The Balaban J connectivity index is 1.49. The Kier molecular flexibility index (Phi) is 3.14. The second-order valence-electron chi connectivity index (χ2n) is 5.71. The molecule has 6 heteroatoms. The number of fused-ring (bicyclic) bond motifs is 1. The third-order valence-electron chi connectivity index (χ3n) is 4.11. The molecule has 0 aromatic carbocycles. The average molecular weight is 296 g/mol. The number of aromatic nitrogens is 2. The summed E-state index contributed by atoms with van der Waals surface area (Å²) in [5.74, 6) is 1.26. The first-order valence-corrected chi connectivity index (χ1v) is 7.57. The van der Waals surface area contributed by atoms with Crippen LogP contribution in [0.3, 0.4) is 0 Å². The number of amides is 1. The Morgan fingerprint density at radius 3 is 3.14 bits per heavy atom. The molecule has 3 aliphatic rings. The lowest BCUT2D eigenvalue weighted by Gasteiger charge is -2.25. The van der Waals surface area contributed by atoms with Gasteiger partial charge in [-0.2, -0.15) is 0 Å². The highest BCUT2D eigenvalue weighted by Crippen LogP contribution is 2.39. The lowest BCUT2D eigenvalue weighted by molar-refractivity contribution is -0.396. The Labute approximate surface area is 128 Å².